The fourth-order valence-electron chi connectivity index (χ4n) is 4.37. The number of hydrogen-bond donors (Lipinski definition) is 6. The number of nitrogens with two attached hydrogens (primary N) is 1. The van der Waals surface area contributed by atoms with Crippen molar-refractivity contribution in [3.8, 4) is 0 Å². The molecule has 0 aliphatic rings. The molecule has 234 valence electrons. The molecule has 0 aliphatic carbocycles. The van der Waals surface area contributed by atoms with Crippen molar-refractivity contribution in [1.82, 2.24) is 21.3 Å². The van der Waals surface area contributed by atoms with Gasteiger partial charge in [-0.15, -0.1) is 0 Å². The van der Waals surface area contributed by atoms with Gasteiger partial charge in [0.1, 0.15) is 18.1 Å². The summed E-state index contributed by atoms with van der Waals surface area (Å²) < 4.78 is 0. The Morgan fingerprint density at radius 2 is 1.33 bits per heavy atom. The van der Waals surface area contributed by atoms with Gasteiger partial charge in [-0.2, -0.15) is 11.8 Å². The monoisotopic (exact) mass is 613 g/mol. The van der Waals surface area contributed by atoms with Gasteiger partial charge in [-0.25, -0.2) is 0 Å². The fraction of sp³-hybridized carbons (Fsp3) is 0.452. The zero-order valence-corrected chi connectivity index (χ0v) is 26.0. The van der Waals surface area contributed by atoms with Crippen LogP contribution < -0.4 is 32.7 Å². The Hall–Kier alpha value is -3.90. The highest BCUT2D eigenvalue weighted by Gasteiger charge is 2.28. The van der Waals surface area contributed by atoms with Crippen molar-refractivity contribution < 1.29 is 29.7 Å². The average molecular weight is 614 g/mol. The van der Waals surface area contributed by atoms with Gasteiger partial charge in [-0.1, -0.05) is 74.5 Å². The molecule has 2 aromatic rings. The van der Waals surface area contributed by atoms with Crippen molar-refractivity contribution >= 4 is 41.3 Å². The summed E-state index contributed by atoms with van der Waals surface area (Å²) in [7, 11) is 0. The Kier molecular flexibility index (Phi) is 15.3. The molecule has 11 nitrogen and oxygen atoms in total. The number of nitrogens with one attached hydrogen (secondary N) is 4. The molecule has 2 aromatic carbocycles. The van der Waals surface area contributed by atoms with E-state index in [4.69, 9.17) is 5.73 Å². The maximum absolute atomic E-state index is 13.2. The van der Waals surface area contributed by atoms with Gasteiger partial charge < -0.3 is 32.7 Å². The van der Waals surface area contributed by atoms with Gasteiger partial charge in [-0.05, 0) is 41.9 Å². The van der Waals surface area contributed by atoms with E-state index in [9.17, 15) is 24.0 Å². The largest absolute Gasteiger partial charge is 0.368 e. The molecular formula is C31H45N6O5S+. The minimum Gasteiger partial charge on any atom is -0.368 e. The number of benzene rings is 2. The molecule has 0 radical (unpaired) electrons. The van der Waals surface area contributed by atoms with Crippen LogP contribution in [0.25, 0.3) is 0 Å². The Bertz CT molecular complexity index is 1200. The second-order valence-electron chi connectivity index (χ2n) is 10.9. The van der Waals surface area contributed by atoms with Gasteiger partial charge in [-0.3, -0.25) is 24.0 Å². The summed E-state index contributed by atoms with van der Waals surface area (Å²) in [6.45, 7) is 3.39. The third kappa shape index (κ3) is 13.3. The first-order valence-corrected chi connectivity index (χ1v) is 15.8. The molecule has 5 amide bonds. The first-order chi connectivity index (χ1) is 20.5. The predicted octanol–water partition coefficient (Wildman–Crippen LogP) is -0.0626. The lowest BCUT2D eigenvalue weighted by Crippen LogP contribution is -2.70. The Balaban J connectivity index is 2.05. The average Bonchev–Trinajstić information content (AvgIpc) is 2.97. The number of thioether (sulfide) groups is 1. The molecule has 0 aromatic heterocycles. The number of quaternary nitrogens is 1. The van der Waals surface area contributed by atoms with Gasteiger partial charge in [0.05, 0.1) is 6.54 Å². The maximum Gasteiger partial charge on any atom is 0.279 e. The van der Waals surface area contributed by atoms with E-state index in [2.05, 4.69) is 27.0 Å². The van der Waals surface area contributed by atoms with E-state index in [-0.39, 0.29) is 18.2 Å². The number of carbonyl (C=O) groups excluding carboxylic acids is 5. The Labute approximate surface area is 257 Å². The van der Waals surface area contributed by atoms with Crippen molar-refractivity contribution in [2.24, 2.45) is 11.7 Å². The highest BCUT2D eigenvalue weighted by atomic mass is 32.2. The van der Waals surface area contributed by atoms with Crippen LogP contribution in [0.2, 0.25) is 0 Å². The van der Waals surface area contributed by atoms with Gasteiger partial charge in [0, 0.05) is 12.8 Å². The third-order valence-corrected chi connectivity index (χ3v) is 7.31. The van der Waals surface area contributed by atoms with Crippen molar-refractivity contribution in [2.75, 3.05) is 18.6 Å². The predicted molar refractivity (Wildman–Crippen MR) is 167 cm³/mol. The number of amides is 5. The van der Waals surface area contributed by atoms with Gasteiger partial charge in [0.2, 0.25) is 23.6 Å². The van der Waals surface area contributed by atoms with Crippen molar-refractivity contribution in [2.45, 2.75) is 63.7 Å². The lowest BCUT2D eigenvalue weighted by Gasteiger charge is -2.23. The molecule has 0 fully saturated rings. The molecule has 9 N–H and O–H groups in total. The summed E-state index contributed by atoms with van der Waals surface area (Å²) in [5.74, 6) is -2.00. The minimum absolute atomic E-state index is 0.0563. The third-order valence-electron chi connectivity index (χ3n) is 6.66. The van der Waals surface area contributed by atoms with E-state index in [1.54, 1.807) is 0 Å². The molecule has 0 heterocycles. The number of rotatable bonds is 18. The van der Waals surface area contributed by atoms with Crippen LogP contribution in [-0.4, -0.2) is 72.3 Å². The van der Waals surface area contributed by atoms with Crippen LogP contribution >= 0.6 is 11.8 Å². The smallest absolute Gasteiger partial charge is 0.279 e. The molecule has 4 unspecified atom stereocenters. The summed E-state index contributed by atoms with van der Waals surface area (Å²) in [6.07, 6.45) is 3.18. The second-order valence-corrected chi connectivity index (χ2v) is 11.8. The number of hydrogen-bond acceptors (Lipinski definition) is 6. The molecule has 12 heteroatoms. The zero-order chi connectivity index (χ0) is 31.8. The number of primary amides is 1. The fourth-order valence-corrected chi connectivity index (χ4v) is 4.84. The topological polar surface area (TPSA) is 187 Å². The van der Waals surface area contributed by atoms with Crippen LogP contribution in [0, 0.1) is 5.92 Å². The molecule has 0 spiro atoms. The van der Waals surface area contributed by atoms with Gasteiger partial charge in [0.15, 0.2) is 6.04 Å². The van der Waals surface area contributed by atoms with E-state index in [0.29, 0.717) is 25.0 Å². The Morgan fingerprint density at radius 1 is 0.767 bits per heavy atom. The lowest BCUT2D eigenvalue weighted by molar-refractivity contribution is -0.403. The van der Waals surface area contributed by atoms with Crippen molar-refractivity contribution in [3.05, 3.63) is 71.8 Å². The van der Waals surface area contributed by atoms with Crippen LogP contribution in [-0.2, 0) is 36.8 Å². The highest BCUT2D eigenvalue weighted by Crippen LogP contribution is 2.08. The molecule has 2 rings (SSSR count). The van der Waals surface area contributed by atoms with Gasteiger partial charge in [0.25, 0.3) is 5.91 Å². The van der Waals surface area contributed by atoms with E-state index in [1.165, 1.54) is 11.8 Å². The molecule has 0 aliphatic heterocycles. The zero-order valence-electron chi connectivity index (χ0n) is 25.1. The summed E-state index contributed by atoms with van der Waals surface area (Å²) in [6, 6.07) is 15.3. The van der Waals surface area contributed by atoms with Crippen molar-refractivity contribution in [3.63, 3.8) is 0 Å². The second kappa shape index (κ2) is 18.6. The molecule has 0 saturated heterocycles. The normalized spacial score (nSPS) is 13.7. The Morgan fingerprint density at radius 3 is 1.86 bits per heavy atom. The first-order valence-electron chi connectivity index (χ1n) is 14.4. The highest BCUT2D eigenvalue weighted by molar-refractivity contribution is 7.98. The molecule has 0 bridgehead atoms. The summed E-state index contributed by atoms with van der Waals surface area (Å²) in [5.41, 5.74) is 11.2. The summed E-state index contributed by atoms with van der Waals surface area (Å²) >= 11 is 1.52. The van der Waals surface area contributed by atoms with E-state index < -0.39 is 54.3 Å². The molecular weight excluding hydrogens is 568 g/mol. The van der Waals surface area contributed by atoms with Crippen LogP contribution in [0.15, 0.2) is 60.7 Å². The van der Waals surface area contributed by atoms with E-state index >= 15 is 0 Å². The first kappa shape index (κ1) is 35.3. The standard InChI is InChI=1S/C31H44N6O5S/c1-20(2)16-25(31(42)36-24(28(33)39)14-15-43-3)35-27(38)19-34-30(41)26(18-22-12-8-5-9-13-22)37-29(40)23(32)17-21-10-6-4-7-11-21/h4-13,20,23-26H,14-19,32H2,1-3H3,(H2,33,39)(H,34,41)(H,35,38)(H,36,42)(H,37,40)/p+1. The van der Waals surface area contributed by atoms with E-state index in [0.717, 1.165) is 11.1 Å². The van der Waals surface area contributed by atoms with Crippen LogP contribution in [0.3, 0.4) is 0 Å². The SMILES string of the molecule is CSCCC(NC(=O)C(CC(C)C)NC(=O)CNC(=O)C(Cc1ccccc1)NC(=O)C([NH3+])Cc1ccccc1)C(N)=O. The minimum atomic E-state index is -0.953. The number of carbonyl (C=O) groups is 5. The molecule has 0 saturated carbocycles. The molecule has 4 atom stereocenters. The van der Waals surface area contributed by atoms with Crippen molar-refractivity contribution in [1.29, 1.82) is 0 Å². The molecule has 43 heavy (non-hydrogen) atoms. The summed E-state index contributed by atoms with van der Waals surface area (Å²) in [5, 5.41) is 10.7. The quantitative estimate of drug-likeness (QED) is 0.137. The van der Waals surface area contributed by atoms with Crippen LogP contribution in [0.4, 0.5) is 0 Å². The van der Waals surface area contributed by atoms with Gasteiger partial charge >= 0.3 is 0 Å². The summed E-state index contributed by atoms with van der Waals surface area (Å²) in [4.78, 5) is 63.9. The van der Waals surface area contributed by atoms with Crippen LogP contribution in [0.5, 0.6) is 0 Å². The van der Waals surface area contributed by atoms with Crippen LogP contribution in [0.1, 0.15) is 37.8 Å². The maximum atomic E-state index is 13.2. The van der Waals surface area contributed by atoms with E-state index in [1.807, 2.05) is 80.8 Å². The lowest BCUT2D eigenvalue weighted by atomic mass is 10.0.